The molecular formula is C24H30FN3O4. The summed E-state index contributed by atoms with van der Waals surface area (Å²) in [7, 11) is 0. The van der Waals surface area contributed by atoms with Gasteiger partial charge in [0, 0.05) is 25.6 Å². The van der Waals surface area contributed by atoms with Crippen LogP contribution in [0.2, 0.25) is 0 Å². The molecule has 8 heteroatoms. The number of hydrogen-bond donors (Lipinski definition) is 3. The molecule has 2 atom stereocenters. The first-order chi connectivity index (χ1) is 15.4. The molecule has 3 aliphatic rings. The fourth-order valence-corrected chi connectivity index (χ4v) is 5.81. The minimum Gasteiger partial charge on any atom is -0.382 e. The van der Waals surface area contributed by atoms with Gasteiger partial charge in [-0.15, -0.1) is 0 Å². The van der Waals surface area contributed by atoms with E-state index in [0.717, 1.165) is 38.5 Å². The van der Waals surface area contributed by atoms with Crippen LogP contribution in [0, 0.1) is 40.8 Å². The SMILES string of the molecule is N#Cc1cc(F)ccc1N1CCC(CNC(=O)[C@H](O)[C@@H](O)C(=O)C2C3CCC2CC3)CC1. The predicted octanol–water partition coefficient (Wildman–Crippen LogP) is 1.76. The number of rotatable bonds is 7. The largest absolute Gasteiger partial charge is 0.382 e. The lowest BCUT2D eigenvalue weighted by Gasteiger charge is -2.34. The van der Waals surface area contributed by atoms with Crippen LogP contribution in [0.3, 0.4) is 0 Å². The second kappa shape index (κ2) is 9.55. The van der Waals surface area contributed by atoms with E-state index in [1.807, 2.05) is 11.0 Å². The Morgan fingerprint density at radius 2 is 1.72 bits per heavy atom. The number of anilines is 1. The molecule has 1 amide bonds. The van der Waals surface area contributed by atoms with Crippen LogP contribution in [0.4, 0.5) is 10.1 Å². The zero-order chi connectivity index (χ0) is 22.8. The molecule has 1 aliphatic heterocycles. The van der Waals surface area contributed by atoms with Crippen molar-refractivity contribution in [2.45, 2.75) is 50.7 Å². The summed E-state index contributed by atoms with van der Waals surface area (Å²) in [5, 5.41) is 32.5. The number of nitriles is 1. The van der Waals surface area contributed by atoms with Gasteiger partial charge >= 0.3 is 0 Å². The summed E-state index contributed by atoms with van der Waals surface area (Å²) in [4.78, 5) is 27.1. The van der Waals surface area contributed by atoms with Crippen molar-refractivity contribution in [3.05, 3.63) is 29.6 Å². The van der Waals surface area contributed by atoms with Crippen LogP contribution < -0.4 is 10.2 Å². The van der Waals surface area contributed by atoms with E-state index in [1.54, 1.807) is 6.07 Å². The summed E-state index contributed by atoms with van der Waals surface area (Å²) in [6.07, 6.45) is 2.04. The van der Waals surface area contributed by atoms with Gasteiger partial charge in [-0.2, -0.15) is 5.26 Å². The Bertz CT molecular complexity index is 889. The summed E-state index contributed by atoms with van der Waals surface area (Å²) < 4.78 is 13.4. The summed E-state index contributed by atoms with van der Waals surface area (Å²) >= 11 is 0. The smallest absolute Gasteiger partial charge is 0.252 e. The van der Waals surface area contributed by atoms with Crippen molar-refractivity contribution in [1.82, 2.24) is 5.32 Å². The number of fused-ring (bicyclic) bond motifs is 2. The van der Waals surface area contributed by atoms with Gasteiger partial charge in [0.1, 0.15) is 18.0 Å². The number of halogens is 1. The van der Waals surface area contributed by atoms with Crippen LogP contribution in [-0.4, -0.2) is 53.7 Å². The molecular weight excluding hydrogens is 413 g/mol. The number of aliphatic hydroxyl groups is 2. The highest BCUT2D eigenvalue weighted by molar-refractivity contribution is 5.93. The Hall–Kier alpha value is -2.50. The normalized spacial score (nSPS) is 27.1. The molecule has 1 saturated heterocycles. The molecule has 0 unspecified atom stereocenters. The van der Waals surface area contributed by atoms with E-state index in [0.29, 0.717) is 30.9 Å². The topological polar surface area (TPSA) is 114 Å². The fourth-order valence-electron chi connectivity index (χ4n) is 5.81. The summed E-state index contributed by atoms with van der Waals surface area (Å²) in [5.41, 5.74) is 1.00. The van der Waals surface area contributed by atoms with E-state index >= 15 is 0 Å². The van der Waals surface area contributed by atoms with Gasteiger partial charge in [0.05, 0.1) is 11.3 Å². The standard InChI is InChI=1S/C24H30FN3O4/c25-18-5-6-19(17(11-18)12-26)28-9-7-14(8-10-28)13-27-24(32)23(31)22(30)21(29)20-15-1-2-16(20)4-3-15/h5-6,11,14-16,20,22-23,30-31H,1-4,7-10,13H2,(H,27,32)/t15?,16?,20?,22-,23+/m0/s1. The van der Waals surface area contributed by atoms with Crippen molar-refractivity contribution in [1.29, 1.82) is 5.26 Å². The molecule has 172 valence electrons. The third kappa shape index (κ3) is 4.50. The maximum Gasteiger partial charge on any atom is 0.252 e. The monoisotopic (exact) mass is 443 g/mol. The lowest BCUT2D eigenvalue weighted by atomic mass is 9.88. The van der Waals surface area contributed by atoms with Gasteiger partial charge in [-0.25, -0.2) is 4.39 Å². The summed E-state index contributed by atoms with van der Waals surface area (Å²) in [5.74, 6) is -1.03. The van der Waals surface area contributed by atoms with Gasteiger partial charge in [-0.05, 0) is 74.5 Å². The van der Waals surface area contributed by atoms with Crippen molar-refractivity contribution in [2.75, 3.05) is 24.5 Å². The van der Waals surface area contributed by atoms with Crippen LogP contribution in [0.5, 0.6) is 0 Å². The zero-order valence-corrected chi connectivity index (χ0v) is 18.0. The van der Waals surface area contributed by atoms with Gasteiger partial charge in [-0.3, -0.25) is 9.59 Å². The second-order valence-corrected chi connectivity index (χ2v) is 9.44. The Morgan fingerprint density at radius 3 is 2.31 bits per heavy atom. The lowest BCUT2D eigenvalue weighted by Crippen LogP contribution is -2.49. The first-order valence-corrected chi connectivity index (χ1v) is 11.5. The Balaban J connectivity index is 1.24. The van der Waals surface area contributed by atoms with E-state index < -0.39 is 29.7 Å². The molecule has 0 radical (unpaired) electrons. The Kier molecular flexibility index (Phi) is 6.77. The predicted molar refractivity (Wildman–Crippen MR) is 115 cm³/mol. The second-order valence-electron chi connectivity index (χ2n) is 9.44. The molecule has 2 saturated carbocycles. The van der Waals surface area contributed by atoms with Gasteiger partial charge in [0.25, 0.3) is 5.91 Å². The zero-order valence-electron chi connectivity index (χ0n) is 18.0. The number of ketones is 1. The minimum atomic E-state index is -1.75. The maximum absolute atomic E-state index is 13.4. The molecule has 4 rings (SSSR count). The number of nitrogens with one attached hydrogen (secondary N) is 1. The molecule has 3 N–H and O–H groups in total. The summed E-state index contributed by atoms with van der Waals surface area (Å²) in [6, 6.07) is 6.21. The number of amides is 1. The number of Topliss-reactive ketones (excluding diaryl/α,β-unsaturated/α-hetero) is 1. The Labute approximate surface area is 187 Å². The average Bonchev–Trinajstić information content (AvgIpc) is 3.42. The quantitative estimate of drug-likeness (QED) is 0.592. The number of hydrogen-bond acceptors (Lipinski definition) is 6. The molecule has 1 aromatic rings. The number of carbonyl (C=O) groups is 2. The third-order valence-electron chi connectivity index (χ3n) is 7.62. The van der Waals surface area contributed by atoms with Crippen molar-refractivity contribution in [2.24, 2.45) is 23.7 Å². The highest BCUT2D eigenvalue weighted by Gasteiger charge is 2.48. The molecule has 1 aromatic carbocycles. The number of piperidine rings is 1. The van der Waals surface area contributed by atoms with Gasteiger partial charge in [0.2, 0.25) is 0 Å². The van der Waals surface area contributed by atoms with Crippen LogP contribution >= 0.6 is 0 Å². The van der Waals surface area contributed by atoms with E-state index in [2.05, 4.69) is 5.32 Å². The molecule has 0 spiro atoms. The van der Waals surface area contributed by atoms with Crippen LogP contribution in [0.1, 0.15) is 44.1 Å². The van der Waals surface area contributed by atoms with Crippen molar-refractivity contribution >= 4 is 17.4 Å². The van der Waals surface area contributed by atoms with Crippen molar-refractivity contribution in [3.63, 3.8) is 0 Å². The number of aliphatic hydroxyl groups excluding tert-OH is 2. The third-order valence-corrected chi connectivity index (χ3v) is 7.62. The Morgan fingerprint density at radius 1 is 1.09 bits per heavy atom. The first-order valence-electron chi connectivity index (χ1n) is 11.5. The molecule has 2 bridgehead atoms. The minimum absolute atomic E-state index is 0.173. The highest BCUT2D eigenvalue weighted by atomic mass is 19.1. The van der Waals surface area contributed by atoms with Crippen LogP contribution in [0.15, 0.2) is 18.2 Å². The molecule has 0 aromatic heterocycles. The van der Waals surface area contributed by atoms with Crippen molar-refractivity contribution < 1.29 is 24.2 Å². The van der Waals surface area contributed by atoms with Crippen LogP contribution in [-0.2, 0) is 9.59 Å². The van der Waals surface area contributed by atoms with Gasteiger partial charge < -0.3 is 20.4 Å². The van der Waals surface area contributed by atoms with Crippen molar-refractivity contribution in [3.8, 4) is 6.07 Å². The summed E-state index contributed by atoms with van der Waals surface area (Å²) in [6.45, 7) is 1.66. The molecule has 32 heavy (non-hydrogen) atoms. The lowest BCUT2D eigenvalue weighted by molar-refractivity contribution is -0.148. The first kappa shape index (κ1) is 22.7. The van der Waals surface area contributed by atoms with E-state index in [9.17, 15) is 29.5 Å². The van der Waals surface area contributed by atoms with E-state index in [-0.39, 0.29) is 23.7 Å². The number of carbonyl (C=O) groups excluding carboxylic acids is 2. The van der Waals surface area contributed by atoms with E-state index in [4.69, 9.17) is 0 Å². The number of nitrogens with zero attached hydrogens (tertiary/aromatic N) is 2. The van der Waals surface area contributed by atoms with E-state index in [1.165, 1.54) is 12.1 Å². The average molecular weight is 444 g/mol. The maximum atomic E-state index is 13.4. The fraction of sp³-hybridized carbons (Fsp3) is 0.625. The van der Waals surface area contributed by atoms with Gasteiger partial charge in [0.15, 0.2) is 11.9 Å². The highest BCUT2D eigenvalue weighted by Crippen LogP contribution is 2.50. The van der Waals surface area contributed by atoms with Crippen LogP contribution in [0.25, 0.3) is 0 Å². The van der Waals surface area contributed by atoms with Gasteiger partial charge in [-0.1, -0.05) is 0 Å². The molecule has 3 fully saturated rings. The molecule has 2 aliphatic carbocycles. The molecule has 1 heterocycles. The molecule has 7 nitrogen and oxygen atoms in total. The number of benzene rings is 1.